The molecule has 0 bridgehead atoms. The highest BCUT2D eigenvalue weighted by Gasteiger charge is 2.28. The Morgan fingerprint density at radius 3 is 2.68 bits per heavy atom. The standard InChI is InChI=1S/C16H25N3O3/c20-10-11-4-8-13(9-5-11)17-14(21)2-1-3-15-18-16(19-22-15)12-6-7-12/h11-13,20H,1-10H2,(H,17,21). The van der Waals surface area contributed by atoms with Gasteiger partial charge in [0.25, 0.3) is 0 Å². The van der Waals surface area contributed by atoms with Gasteiger partial charge in [-0.25, -0.2) is 0 Å². The Kier molecular flexibility index (Phi) is 5.08. The van der Waals surface area contributed by atoms with E-state index < -0.39 is 0 Å². The van der Waals surface area contributed by atoms with Crippen LogP contribution in [0, 0.1) is 5.92 Å². The van der Waals surface area contributed by atoms with Crippen LogP contribution in [-0.2, 0) is 11.2 Å². The third-order valence-corrected chi connectivity index (χ3v) is 4.69. The molecule has 0 aliphatic heterocycles. The zero-order chi connectivity index (χ0) is 15.4. The number of rotatable bonds is 7. The average Bonchev–Trinajstić information content (AvgIpc) is 3.28. The van der Waals surface area contributed by atoms with E-state index >= 15 is 0 Å². The summed E-state index contributed by atoms with van der Waals surface area (Å²) in [5.74, 6) is 2.52. The lowest BCUT2D eigenvalue weighted by atomic mass is 9.86. The van der Waals surface area contributed by atoms with Gasteiger partial charge < -0.3 is 14.9 Å². The molecule has 6 heteroatoms. The second kappa shape index (κ2) is 7.22. The monoisotopic (exact) mass is 307 g/mol. The molecule has 1 amide bonds. The predicted molar refractivity (Wildman–Crippen MR) is 80.2 cm³/mol. The van der Waals surface area contributed by atoms with Crippen LogP contribution < -0.4 is 5.32 Å². The zero-order valence-electron chi connectivity index (χ0n) is 13.0. The van der Waals surface area contributed by atoms with Gasteiger partial charge in [-0.1, -0.05) is 5.16 Å². The minimum absolute atomic E-state index is 0.106. The molecule has 1 heterocycles. The van der Waals surface area contributed by atoms with Crippen molar-refractivity contribution in [3.63, 3.8) is 0 Å². The maximum Gasteiger partial charge on any atom is 0.226 e. The minimum Gasteiger partial charge on any atom is -0.396 e. The van der Waals surface area contributed by atoms with E-state index in [9.17, 15) is 4.79 Å². The molecule has 2 aliphatic rings. The normalized spacial score (nSPS) is 25.1. The van der Waals surface area contributed by atoms with Crippen molar-refractivity contribution in [3.8, 4) is 0 Å². The number of aryl methyl sites for hydroxylation is 1. The Hall–Kier alpha value is -1.43. The molecule has 0 radical (unpaired) electrons. The number of aliphatic hydroxyl groups is 1. The molecule has 1 aromatic rings. The van der Waals surface area contributed by atoms with Crippen molar-refractivity contribution in [1.82, 2.24) is 15.5 Å². The molecule has 0 unspecified atom stereocenters. The van der Waals surface area contributed by atoms with Gasteiger partial charge in [-0.3, -0.25) is 4.79 Å². The van der Waals surface area contributed by atoms with E-state index in [4.69, 9.17) is 9.63 Å². The van der Waals surface area contributed by atoms with Gasteiger partial charge in [0.2, 0.25) is 11.8 Å². The van der Waals surface area contributed by atoms with Gasteiger partial charge >= 0.3 is 0 Å². The second-order valence-corrected chi connectivity index (χ2v) is 6.64. The van der Waals surface area contributed by atoms with E-state index in [2.05, 4.69) is 15.5 Å². The van der Waals surface area contributed by atoms with Gasteiger partial charge in [-0.2, -0.15) is 4.98 Å². The van der Waals surface area contributed by atoms with Crippen LogP contribution in [-0.4, -0.2) is 33.8 Å². The highest BCUT2D eigenvalue weighted by molar-refractivity contribution is 5.76. The summed E-state index contributed by atoms with van der Waals surface area (Å²) in [5, 5.41) is 16.2. The summed E-state index contributed by atoms with van der Waals surface area (Å²) in [6.45, 7) is 0.272. The molecule has 3 rings (SSSR count). The number of amides is 1. The second-order valence-electron chi connectivity index (χ2n) is 6.64. The van der Waals surface area contributed by atoms with E-state index in [0.29, 0.717) is 30.6 Å². The zero-order valence-corrected chi connectivity index (χ0v) is 13.0. The largest absolute Gasteiger partial charge is 0.396 e. The summed E-state index contributed by atoms with van der Waals surface area (Å²) in [4.78, 5) is 16.3. The number of carbonyl (C=O) groups excluding carboxylic acids is 1. The first kappa shape index (κ1) is 15.5. The number of hydrogen-bond acceptors (Lipinski definition) is 5. The number of aromatic nitrogens is 2. The Balaban J connectivity index is 1.32. The molecule has 0 atom stereocenters. The fraction of sp³-hybridized carbons (Fsp3) is 0.812. The van der Waals surface area contributed by atoms with E-state index in [0.717, 1.165) is 37.9 Å². The Morgan fingerprint density at radius 2 is 2.00 bits per heavy atom. The van der Waals surface area contributed by atoms with Gasteiger partial charge in [0, 0.05) is 31.4 Å². The first-order valence-corrected chi connectivity index (χ1v) is 8.47. The Labute approximate surface area is 130 Å². The topological polar surface area (TPSA) is 88.2 Å². The van der Waals surface area contributed by atoms with Crippen LogP contribution in [0.4, 0.5) is 0 Å². The van der Waals surface area contributed by atoms with Gasteiger partial charge in [0.05, 0.1) is 0 Å². The lowest BCUT2D eigenvalue weighted by Gasteiger charge is -2.27. The Bertz CT molecular complexity index is 491. The lowest BCUT2D eigenvalue weighted by molar-refractivity contribution is -0.122. The first-order chi connectivity index (χ1) is 10.7. The third-order valence-electron chi connectivity index (χ3n) is 4.69. The Morgan fingerprint density at radius 1 is 1.23 bits per heavy atom. The number of hydrogen-bond donors (Lipinski definition) is 2. The van der Waals surface area contributed by atoms with Gasteiger partial charge in [-0.15, -0.1) is 0 Å². The molecule has 1 aromatic heterocycles. The summed E-state index contributed by atoms with van der Waals surface area (Å²) >= 11 is 0. The van der Waals surface area contributed by atoms with Gasteiger partial charge in [0.15, 0.2) is 5.82 Å². The number of nitrogens with one attached hydrogen (secondary N) is 1. The van der Waals surface area contributed by atoms with Crippen molar-refractivity contribution >= 4 is 5.91 Å². The highest BCUT2D eigenvalue weighted by Crippen LogP contribution is 2.38. The quantitative estimate of drug-likeness (QED) is 0.803. The molecule has 0 saturated heterocycles. The van der Waals surface area contributed by atoms with E-state index in [1.165, 1.54) is 12.8 Å². The van der Waals surface area contributed by atoms with Crippen LogP contribution in [0.15, 0.2) is 4.52 Å². The van der Waals surface area contributed by atoms with E-state index in [-0.39, 0.29) is 18.6 Å². The fourth-order valence-corrected chi connectivity index (χ4v) is 3.07. The molecular formula is C16H25N3O3. The SMILES string of the molecule is O=C(CCCc1nc(C2CC2)no1)NC1CCC(CO)CC1. The number of nitrogens with zero attached hydrogens (tertiary/aromatic N) is 2. The van der Waals surface area contributed by atoms with Crippen LogP contribution in [0.5, 0.6) is 0 Å². The number of aliphatic hydroxyl groups excluding tert-OH is 1. The van der Waals surface area contributed by atoms with Gasteiger partial charge in [0.1, 0.15) is 0 Å². The minimum atomic E-state index is 0.106. The molecule has 0 spiro atoms. The van der Waals surface area contributed by atoms with Gasteiger partial charge in [-0.05, 0) is 50.9 Å². The van der Waals surface area contributed by atoms with Crippen LogP contribution in [0.3, 0.4) is 0 Å². The first-order valence-electron chi connectivity index (χ1n) is 8.47. The van der Waals surface area contributed by atoms with Crippen molar-refractivity contribution < 1.29 is 14.4 Å². The van der Waals surface area contributed by atoms with Crippen molar-refractivity contribution in [1.29, 1.82) is 0 Å². The summed E-state index contributed by atoms with van der Waals surface area (Å²) < 4.78 is 5.21. The molecule has 2 saturated carbocycles. The molecular weight excluding hydrogens is 282 g/mol. The summed E-state index contributed by atoms with van der Waals surface area (Å²) in [6, 6.07) is 0.278. The lowest BCUT2D eigenvalue weighted by Crippen LogP contribution is -2.38. The average molecular weight is 307 g/mol. The van der Waals surface area contributed by atoms with Crippen LogP contribution in [0.2, 0.25) is 0 Å². The van der Waals surface area contributed by atoms with Crippen molar-refractivity contribution in [2.24, 2.45) is 5.92 Å². The van der Waals surface area contributed by atoms with E-state index in [1.807, 2.05) is 0 Å². The summed E-state index contributed by atoms with van der Waals surface area (Å²) in [6.07, 6.45) is 8.22. The molecule has 2 N–H and O–H groups in total. The van der Waals surface area contributed by atoms with Crippen molar-refractivity contribution in [3.05, 3.63) is 11.7 Å². The highest BCUT2D eigenvalue weighted by atomic mass is 16.5. The van der Waals surface area contributed by atoms with Crippen molar-refractivity contribution in [2.45, 2.75) is 69.7 Å². The molecule has 122 valence electrons. The van der Waals surface area contributed by atoms with E-state index in [1.54, 1.807) is 0 Å². The summed E-state index contributed by atoms with van der Waals surface area (Å²) in [5.41, 5.74) is 0. The fourth-order valence-electron chi connectivity index (χ4n) is 3.07. The predicted octanol–water partition coefficient (Wildman–Crippen LogP) is 1.94. The maximum absolute atomic E-state index is 11.9. The molecule has 2 fully saturated rings. The smallest absolute Gasteiger partial charge is 0.226 e. The third kappa shape index (κ3) is 4.29. The van der Waals surface area contributed by atoms with Crippen LogP contribution in [0.1, 0.15) is 69.0 Å². The van der Waals surface area contributed by atoms with Crippen LogP contribution >= 0.6 is 0 Å². The summed E-state index contributed by atoms with van der Waals surface area (Å²) in [7, 11) is 0. The maximum atomic E-state index is 11.9. The molecule has 6 nitrogen and oxygen atoms in total. The number of carbonyl (C=O) groups is 1. The van der Waals surface area contributed by atoms with Crippen LogP contribution in [0.25, 0.3) is 0 Å². The molecule has 0 aromatic carbocycles. The molecule has 22 heavy (non-hydrogen) atoms. The molecule has 2 aliphatic carbocycles. The van der Waals surface area contributed by atoms with Crippen molar-refractivity contribution in [2.75, 3.05) is 6.61 Å².